The number of rotatable bonds is 5. The second-order valence-electron chi connectivity index (χ2n) is 8.25. The zero-order valence-corrected chi connectivity index (χ0v) is 16.9. The molecule has 0 unspecified atom stereocenters. The maximum Gasteiger partial charge on any atom is 0.0812 e. The maximum atomic E-state index is 4.95. The van der Waals surface area contributed by atoms with Crippen molar-refractivity contribution in [3.8, 4) is 0 Å². The minimum absolute atomic E-state index is 0.688. The highest BCUT2D eigenvalue weighted by atomic mass is 15.4. The fraction of sp³-hybridized carbons (Fsp3) is 0.545. The molecule has 2 aliphatic carbocycles. The Hall–Kier alpha value is -2.10. The average Bonchev–Trinajstić information content (AvgIpc) is 3.47. The van der Waals surface area contributed by atoms with Gasteiger partial charge in [0.15, 0.2) is 0 Å². The minimum atomic E-state index is 0.688. The molecule has 2 aromatic rings. The molecule has 4 heteroatoms. The first kappa shape index (κ1) is 17.3. The van der Waals surface area contributed by atoms with Crippen molar-refractivity contribution in [1.29, 1.82) is 0 Å². The number of aromatic nitrogens is 2. The summed E-state index contributed by atoms with van der Waals surface area (Å²) in [4.78, 5) is 0. The van der Waals surface area contributed by atoms with Gasteiger partial charge in [-0.25, -0.2) is 9.35 Å². The van der Waals surface area contributed by atoms with Crippen molar-refractivity contribution in [2.75, 3.05) is 0 Å². The van der Waals surface area contributed by atoms with Gasteiger partial charge in [0.25, 0.3) is 0 Å². The molecule has 2 fully saturated rings. The Kier molecular flexibility index (Phi) is 4.17. The van der Waals surface area contributed by atoms with Gasteiger partial charge >= 0.3 is 0 Å². The Morgan fingerprint density at radius 1 is 0.731 bits per heavy atom. The quantitative estimate of drug-likeness (QED) is 0.645. The molecule has 2 aliphatic rings. The molecular weight excluding hydrogens is 320 g/mol. The summed E-state index contributed by atoms with van der Waals surface area (Å²) < 4.78 is 4.30. The van der Waals surface area contributed by atoms with E-state index in [4.69, 9.17) is 10.2 Å². The fourth-order valence-electron chi connectivity index (χ4n) is 4.02. The van der Waals surface area contributed by atoms with Crippen molar-refractivity contribution in [1.82, 2.24) is 9.35 Å². The molecule has 0 N–H and O–H groups in total. The SMILES string of the molecule is CC(=N\n1c(C)cc(C)c1C1CC1)/C(C)=N/n1c(C)cc(C)c1C1CC1. The number of nitrogens with zero attached hydrogens (tertiary/aromatic N) is 4. The van der Waals surface area contributed by atoms with Crippen molar-refractivity contribution in [2.45, 2.75) is 79.1 Å². The van der Waals surface area contributed by atoms with E-state index in [1.807, 2.05) is 0 Å². The highest BCUT2D eigenvalue weighted by molar-refractivity contribution is 6.40. The number of hydrogen-bond acceptors (Lipinski definition) is 2. The van der Waals surface area contributed by atoms with Gasteiger partial charge in [-0.2, -0.15) is 10.2 Å². The van der Waals surface area contributed by atoms with Crippen molar-refractivity contribution >= 4 is 11.4 Å². The molecule has 2 heterocycles. The molecule has 0 radical (unpaired) electrons. The molecule has 0 saturated heterocycles. The van der Waals surface area contributed by atoms with Crippen molar-refractivity contribution < 1.29 is 0 Å². The molecule has 0 spiro atoms. The second-order valence-corrected chi connectivity index (χ2v) is 8.25. The molecule has 0 amide bonds. The van der Waals surface area contributed by atoms with Gasteiger partial charge in [0.2, 0.25) is 0 Å². The number of aryl methyl sites for hydroxylation is 4. The first-order valence-electron chi connectivity index (χ1n) is 9.86. The molecule has 2 saturated carbocycles. The van der Waals surface area contributed by atoms with E-state index < -0.39 is 0 Å². The van der Waals surface area contributed by atoms with Crippen LogP contribution in [0.25, 0.3) is 0 Å². The van der Waals surface area contributed by atoms with E-state index in [1.54, 1.807) is 0 Å². The van der Waals surface area contributed by atoms with Crippen LogP contribution < -0.4 is 0 Å². The first-order chi connectivity index (χ1) is 12.4. The minimum Gasteiger partial charge on any atom is -0.241 e. The normalized spacial score (nSPS) is 18.7. The molecule has 0 aromatic carbocycles. The zero-order valence-electron chi connectivity index (χ0n) is 16.9. The highest BCUT2D eigenvalue weighted by Crippen LogP contribution is 2.43. The summed E-state index contributed by atoms with van der Waals surface area (Å²) in [6.45, 7) is 12.9. The van der Waals surface area contributed by atoms with Crippen molar-refractivity contribution in [3.05, 3.63) is 46.0 Å². The van der Waals surface area contributed by atoms with Crippen LogP contribution >= 0.6 is 0 Å². The molecule has 0 bridgehead atoms. The van der Waals surface area contributed by atoms with Gasteiger partial charge in [0.05, 0.1) is 11.4 Å². The lowest BCUT2D eigenvalue weighted by molar-refractivity contribution is 0.766. The Balaban J connectivity index is 1.70. The maximum absolute atomic E-state index is 4.95. The molecule has 0 atom stereocenters. The van der Waals surface area contributed by atoms with Crippen LogP contribution in [0.5, 0.6) is 0 Å². The summed E-state index contributed by atoms with van der Waals surface area (Å²) in [6.07, 6.45) is 5.16. The van der Waals surface area contributed by atoms with Crippen LogP contribution in [0.1, 0.15) is 85.3 Å². The highest BCUT2D eigenvalue weighted by Gasteiger charge is 2.30. The monoisotopic (exact) mass is 350 g/mol. The van der Waals surface area contributed by atoms with Gasteiger partial charge in [-0.15, -0.1) is 0 Å². The van der Waals surface area contributed by atoms with E-state index in [2.05, 4.69) is 63.0 Å². The molecular formula is C22H30N4. The van der Waals surface area contributed by atoms with E-state index in [9.17, 15) is 0 Å². The summed E-state index contributed by atoms with van der Waals surface area (Å²) in [5.41, 5.74) is 9.90. The van der Waals surface area contributed by atoms with E-state index in [0.29, 0.717) is 11.8 Å². The van der Waals surface area contributed by atoms with Gasteiger partial charge < -0.3 is 0 Å². The zero-order chi connectivity index (χ0) is 18.6. The molecule has 2 aromatic heterocycles. The predicted molar refractivity (Wildman–Crippen MR) is 109 cm³/mol. The summed E-state index contributed by atoms with van der Waals surface area (Å²) >= 11 is 0. The lowest BCUT2D eigenvalue weighted by atomic mass is 10.2. The second kappa shape index (κ2) is 6.26. The van der Waals surface area contributed by atoms with Gasteiger partial charge in [-0.1, -0.05) is 0 Å². The van der Waals surface area contributed by atoms with E-state index >= 15 is 0 Å². The molecule has 0 aliphatic heterocycles. The fourth-order valence-corrected chi connectivity index (χ4v) is 4.02. The Morgan fingerprint density at radius 2 is 1.08 bits per heavy atom. The van der Waals surface area contributed by atoms with Crippen LogP contribution in [0.4, 0.5) is 0 Å². The van der Waals surface area contributed by atoms with Crippen LogP contribution in [0.2, 0.25) is 0 Å². The summed E-state index contributed by atoms with van der Waals surface area (Å²) in [5, 5.41) is 9.91. The smallest absolute Gasteiger partial charge is 0.0812 e. The van der Waals surface area contributed by atoms with E-state index in [1.165, 1.54) is 59.6 Å². The lowest BCUT2D eigenvalue weighted by Gasteiger charge is -2.10. The van der Waals surface area contributed by atoms with Gasteiger partial charge in [0.1, 0.15) is 0 Å². The topological polar surface area (TPSA) is 34.6 Å². The largest absolute Gasteiger partial charge is 0.241 e. The third kappa shape index (κ3) is 3.06. The molecule has 4 rings (SSSR count). The van der Waals surface area contributed by atoms with Crippen LogP contribution in [0.3, 0.4) is 0 Å². The van der Waals surface area contributed by atoms with Gasteiger partial charge in [-0.3, -0.25) is 0 Å². The first-order valence-corrected chi connectivity index (χ1v) is 9.86. The average molecular weight is 351 g/mol. The van der Waals surface area contributed by atoms with Crippen LogP contribution in [0.15, 0.2) is 22.3 Å². The standard InChI is InChI=1S/C22H30N4/c1-13-11-15(3)25(21(13)19-7-8-19)23-17(5)18(6)24-26-16(4)12-14(2)22(26)20-9-10-20/h11-12,19-20H,7-10H2,1-6H3/b23-17+,24-18+. The Bertz CT molecular complexity index is 838. The van der Waals surface area contributed by atoms with Gasteiger partial charge in [0, 0.05) is 34.6 Å². The van der Waals surface area contributed by atoms with Crippen LogP contribution in [0, 0.1) is 27.7 Å². The lowest BCUT2D eigenvalue weighted by Crippen LogP contribution is -2.13. The van der Waals surface area contributed by atoms with Crippen molar-refractivity contribution in [3.63, 3.8) is 0 Å². The van der Waals surface area contributed by atoms with Gasteiger partial charge in [-0.05, 0) is 90.5 Å². The van der Waals surface area contributed by atoms with Crippen LogP contribution in [-0.2, 0) is 0 Å². The predicted octanol–water partition coefficient (Wildman–Crippen LogP) is 5.43. The molecule has 4 nitrogen and oxygen atoms in total. The van der Waals surface area contributed by atoms with Crippen LogP contribution in [-0.4, -0.2) is 20.8 Å². The summed E-state index contributed by atoms with van der Waals surface area (Å²) in [7, 11) is 0. The number of hydrogen-bond donors (Lipinski definition) is 0. The molecule has 26 heavy (non-hydrogen) atoms. The molecule has 138 valence electrons. The Labute approximate surface area is 156 Å². The third-order valence-corrected chi connectivity index (χ3v) is 5.74. The Morgan fingerprint density at radius 3 is 1.38 bits per heavy atom. The van der Waals surface area contributed by atoms with Crippen molar-refractivity contribution in [2.24, 2.45) is 10.2 Å². The third-order valence-electron chi connectivity index (χ3n) is 5.74. The summed E-state index contributed by atoms with van der Waals surface area (Å²) in [5.74, 6) is 1.38. The van der Waals surface area contributed by atoms with E-state index in [0.717, 1.165) is 11.4 Å². The van der Waals surface area contributed by atoms with E-state index in [-0.39, 0.29) is 0 Å². The summed E-state index contributed by atoms with van der Waals surface area (Å²) in [6, 6.07) is 4.50.